The van der Waals surface area contributed by atoms with Crippen LogP contribution in [0.1, 0.15) is 25.5 Å². The van der Waals surface area contributed by atoms with Gasteiger partial charge in [0.1, 0.15) is 0 Å². The van der Waals surface area contributed by atoms with Gasteiger partial charge in [-0.05, 0) is 25.5 Å². The Balaban J connectivity index is 2.11. The molecule has 1 aromatic carbocycles. The number of aromatic nitrogens is 2. The molecule has 0 bridgehead atoms. The first kappa shape index (κ1) is 14.6. The maximum Gasteiger partial charge on any atom is 0.232 e. The van der Waals surface area contributed by atoms with Gasteiger partial charge in [-0.3, -0.25) is 4.72 Å². The number of rotatable bonds is 6. The third-order valence-corrected chi connectivity index (χ3v) is 4.40. The maximum absolute atomic E-state index is 11.8. The van der Waals surface area contributed by atoms with Gasteiger partial charge in [0.15, 0.2) is 0 Å². The highest BCUT2D eigenvalue weighted by molar-refractivity contribution is 7.92. The Bertz CT molecular complexity index is 660. The van der Waals surface area contributed by atoms with Crippen molar-refractivity contribution < 1.29 is 8.42 Å². The number of sulfonamides is 1. The lowest BCUT2D eigenvalue weighted by Crippen LogP contribution is -2.16. The highest BCUT2D eigenvalue weighted by Gasteiger charge is 2.10. The average molecular weight is 293 g/mol. The van der Waals surface area contributed by atoms with Crippen LogP contribution >= 0.6 is 0 Å². The van der Waals surface area contributed by atoms with Gasteiger partial charge in [0.2, 0.25) is 10.0 Å². The fraction of sp³-hybridized carbons (Fsp3) is 0.357. The summed E-state index contributed by atoms with van der Waals surface area (Å²) in [6.45, 7) is 3.92. The summed E-state index contributed by atoms with van der Waals surface area (Å²) >= 11 is 0. The SMILES string of the molecule is CCCCS(=O)(=O)Nc1ccc(-c2nc[nH]c2C)cc1. The van der Waals surface area contributed by atoms with E-state index in [0.717, 1.165) is 23.4 Å². The normalized spacial score (nSPS) is 11.5. The number of imidazole rings is 1. The molecule has 0 amide bonds. The minimum Gasteiger partial charge on any atom is -0.348 e. The van der Waals surface area contributed by atoms with Gasteiger partial charge in [-0.25, -0.2) is 13.4 Å². The summed E-state index contributed by atoms with van der Waals surface area (Å²) in [5.41, 5.74) is 3.41. The standard InChI is InChI=1S/C14H19N3O2S/c1-3-4-9-20(18,19)17-13-7-5-12(6-8-13)14-11(2)15-10-16-14/h5-8,10,17H,3-4,9H2,1-2H3,(H,15,16). The molecule has 1 heterocycles. The second kappa shape index (κ2) is 6.09. The predicted octanol–water partition coefficient (Wildman–Crippen LogP) is 2.93. The second-order valence-electron chi connectivity index (χ2n) is 4.73. The number of H-pyrrole nitrogens is 1. The zero-order chi connectivity index (χ0) is 14.6. The van der Waals surface area contributed by atoms with E-state index in [9.17, 15) is 8.42 Å². The van der Waals surface area contributed by atoms with Crippen molar-refractivity contribution in [3.63, 3.8) is 0 Å². The molecule has 0 atom stereocenters. The largest absolute Gasteiger partial charge is 0.348 e. The molecule has 1 aromatic heterocycles. The Hall–Kier alpha value is -1.82. The number of unbranched alkanes of at least 4 members (excludes halogenated alkanes) is 1. The van der Waals surface area contributed by atoms with Gasteiger partial charge >= 0.3 is 0 Å². The number of hydrogen-bond donors (Lipinski definition) is 2. The number of aryl methyl sites for hydroxylation is 1. The lowest BCUT2D eigenvalue weighted by atomic mass is 10.1. The van der Waals surface area contributed by atoms with Crippen molar-refractivity contribution >= 4 is 15.7 Å². The summed E-state index contributed by atoms with van der Waals surface area (Å²) in [7, 11) is -3.24. The first-order valence-corrected chi connectivity index (χ1v) is 8.28. The molecule has 0 unspecified atom stereocenters. The van der Waals surface area contributed by atoms with Gasteiger partial charge in [-0.2, -0.15) is 0 Å². The first-order chi connectivity index (χ1) is 9.52. The molecule has 0 radical (unpaired) electrons. The van der Waals surface area contributed by atoms with Gasteiger partial charge in [-0.15, -0.1) is 0 Å². The van der Waals surface area contributed by atoms with Gasteiger partial charge < -0.3 is 4.98 Å². The van der Waals surface area contributed by atoms with Crippen molar-refractivity contribution in [1.82, 2.24) is 9.97 Å². The Morgan fingerprint density at radius 3 is 2.50 bits per heavy atom. The fourth-order valence-corrected chi connectivity index (χ4v) is 3.18. The molecule has 0 aliphatic heterocycles. The van der Waals surface area contributed by atoms with Gasteiger partial charge in [-0.1, -0.05) is 25.5 Å². The minimum atomic E-state index is -3.24. The summed E-state index contributed by atoms with van der Waals surface area (Å²) < 4.78 is 26.2. The van der Waals surface area contributed by atoms with Crippen LogP contribution in [0.15, 0.2) is 30.6 Å². The van der Waals surface area contributed by atoms with Crippen LogP contribution in [0.25, 0.3) is 11.3 Å². The topological polar surface area (TPSA) is 74.8 Å². The average Bonchev–Trinajstić information content (AvgIpc) is 2.83. The molecular weight excluding hydrogens is 274 g/mol. The van der Waals surface area contributed by atoms with Crippen LogP contribution in [-0.2, 0) is 10.0 Å². The van der Waals surface area contributed by atoms with Crippen molar-refractivity contribution in [3.05, 3.63) is 36.3 Å². The predicted molar refractivity (Wildman–Crippen MR) is 81.1 cm³/mol. The van der Waals surface area contributed by atoms with Crippen LogP contribution in [0.2, 0.25) is 0 Å². The van der Waals surface area contributed by atoms with Gasteiger partial charge in [0, 0.05) is 16.9 Å². The van der Waals surface area contributed by atoms with Gasteiger partial charge in [0.05, 0.1) is 17.8 Å². The maximum atomic E-state index is 11.8. The highest BCUT2D eigenvalue weighted by Crippen LogP contribution is 2.22. The van der Waals surface area contributed by atoms with E-state index in [4.69, 9.17) is 0 Å². The van der Waals surface area contributed by atoms with E-state index in [-0.39, 0.29) is 5.75 Å². The van der Waals surface area contributed by atoms with Crippen molar-refractivity contribution in [2.75, 3.05) is 10.5 Å². The molecule has 0 aliphatic carbocycles. The molecular formula is C14H19N3O2S. The van der Waals surface area contributed by atoms with Gasteiger partial charge in [0.25, 0.3) is 0 Å². The number of aromatic amines is 1. The Morgan fingerprint density at radius 1 is 1.25 bits per heavy atom. The molecule has 2 rings (SSSR count). The van der Waals surface area contributed by atoms with Crippen LogP contribution in [-0.4, -0.2) is 24.1 Å². The van der Waals surface area contributed by atoms with E-state index >= 15 is 0 Å². The Kier molecular flexibility index (Phi) is 4.44. The molecule has 108 valence electrons. The van der Waals surface area contributed by atoms with Crippen LogP contribution in [0, 0.1) is 6.92 Å². The van der Waals surface area contributed by atoms with Crippen molar-refractivity contribution in [2.45, 2.75) is 26.7 Å². The molecule has 2 N–H and O–H groups in total. The monoisotopic (exact) mass is 293 g/mol. The summed E-state index contributed by atoms with van der Waals surface area (Å²) in [6, 6.07) is 7.24. The smallest absolute Gasteiger partial charge is 0.232 e. The van der Waals surface area contributed by atoms with E-state index in [1.165, 1.54) is 0 Å². The molecule has 0 saturated carbocycles. The van der Waals surface area contributed by atoms with Crippen LogP contribution in [0.4, 0.5) is 5.69 Å². The zero-order valence-corrected chi connectivity index (χ0v) is 12.5. The number of nitrogens with zero attached hydrogens (tertiary/aromatic N) is 1. The quantitative estimate of drug-likeness (QED) is 0.860. The number of benzene rings is 1. The van der Waals surface area contributed by atoms with Crippen LogP contribution in [0.5, 0.6) is 0 Å². The molecule has 6 heteroatoms. The van der Waals surface area contributed by atoms with E-state index in [0.29, 0.717) is 12.1 Å². The summed E-state index contributed by atoms with van der Waals surface area (Å²) in [6.07, 6.45) is 3.17. The summed E-state index contributed by atoms with van der Waals surface area (Å²) in [5.74, 6) is 0.156. The zero-order valence-electron chi connectivity index (χ0n) is 11.7. The van der Waals surface area contributed by atoms with Crippen LogP contribution in [0.3, 0.4) is 0 Å². The number of anilines is 1. The molecule has 2 aromatic rings. The van der Waals surface area contributed by atoms with Crippen molar-refractivity contribution in [1.29, 1.82) is 0 Å². The minimum absolute atomic E-state index is 0.156. The molecule has 20 heavy (non-hydrogen) atoms. The van der Waals surface area contributed by atoms with E-state index < -0.39 is 10.0 Å². The summed E-state index contributed by atoms with van der Waals surface area (Å²) in [5, 5.41) is 0. The fourth-order valence-electron chi connectivity index (χ4n) is 1.91. The first-order valence-electron chi connectivity index (χ1n) is 6.63. The number of nitrogens with one attached hydrogen (secondary N) is 2. The van der Waals surface area contributed by atoms with E-state index in [2.05, 4.69) is 14.7 Å². The lowest BCUT2D eigenvalue weighted by molar-refractivity contribution is 0.598. The Morgan fingerprint density at radius 2 is 1.95 bits per heavy atom. The highest BCUT2D eigenvalue weighted by atomic mass is 32.2. The van der Waals surface area contributed by atoms with Crippen molar-refractivity contribution in [3.8, 4) is 11.3 Å². The van der Waals surface area contributed by atoms with E-state index in [1.54, 1.807) is 18.5 Å². The Labute approximate surface area is 119 Å². The third kappa shape index (κ3) is 3.60. The van der Waals surface area contributed by atoms with E-state index in [1.807, 2.05) is 26.0 Å². The third-order valence-electron chi connectivity index (χ3n) is 3.03. The second-order valence-corrected chi connectivity index (χ2v) is 6.57. The molecule has 0 aliphatic rings. The molecule has 0 spiro atoms. The van der Waals surface area contributed by atoms with Crippen LogP contribution < -0.4 is 4.72 Å². The lowest BCUT2D eigenvalue weighted by Gasteiger charge is -2.08. The molecule has 0 fully saturated rings. The summed E-state index contributed by atoms with van der Waals surface area (Å²) in [4.78, 5) is 7.26. The molecule has 0 saturated heterocycles. The molecule has 5 nitrogen and oxygen atoms in total. The number of hydrogen-bond acceptors (Lipinski definition) is 3. The van der Waals surface area contributed by atoms with Crippen molar-refractivity contribution in [2.24, 2.45) is 0 Å².